The summed E-state index contributed by atoms with van der Waals surface area (Å²) in [6, 6.07) is 4.70. The average molecular weight is 397 g/mol. The van der Waals surface area contributed by atoms with Gasteiger partial charge in [-0.25, -0.2) is 9.50 Å². The molecule has 0 saturated heterocycles. The summed E-state index contributed by atoms with van der Waals surface area (Å²) in [6.45, 7) is 3.71. The predicted molar refractivity (Wildman–Crippen MR) is 97.8 cm³/mol. The number of nitrogens with zero attached hydrogens (tertiary/aromatic N) is 4. The first-order chi connectivity index (χ1) is 11.9. The van der Waals surface area contributed by atoms with Gasteiger partial charge in [0.2, 0.25) is 5.16 Å². The van der Waals surface area contributed by atoms with Gasteiger partial charge in [0.1, 0.15) is 5.75 Å². The van der Waals surface area contributed by atoms with Crippen molar-refractivity contribution in [3.05, 3.63) is 45.2 Å². The van der Waals surface area contributed by atoms with E-state index in [1.165, 1.54) is 17.8 Å². The van der Waals surface area contributed by atoms with Gasteiger partial charge in [0, 0.05) is 22.0 Å². The number of hydrogen-bond acceptors (Lipinski definition) is 6. The highest BCUT2D eigenvalue weighted by Crippen LogP contribution is 2.28. The third-order valence-electron chi connectivity index (χ3n) is 3.65. The molecule has 0 atom stereocenters. The predicted octanol–water partition coefficient (Wildman–Crippen LogP) is 3.92. The zero-order valence-corrected chi connectivity index (χ0v) is 16.0. The first kappa shape index (κ1) is 18.0. The Hall–Kier alpha value is -1.83. The van der Waals surface area contributed by atoms with Crippen LogP contribution in [-0.4, -0.2) is 31.8 Å². The van der Waals surface area contributed by atoms with Crippen molar-refractivity contribution in [2.24, 2.45) is 0 Å². The molecule has 25 heavy (non-hydrogen) atoms. The summed E-state index contributed by atoms with van der Waals surface area (Å²) >= 11 is 13.3. The van der Waals surface area contributed by atoms with Crippen molar-refractivity contribution in [1.29, 1.82) is 0 Å². The summed E-state index contributed by atoms with van der Waals surface area (Å²) in [5.41, 5.74) is 2.26. The van der Waals surface area contributed by atoms with Crippen molar-refractivity contribution in [3.63, 3.8) is 0 Å². The molecule has 2 aromatic heterocycles. The van der Waals surface area contributed by atoms with Gasteiger partial charge in [-0.1, -0.05) is 35.0 Å². The van der Waals surface area contributed by atoms with E-state index in [9.17, 15) is 4.79 Å². The van der Waals surface area contributed by atoms with Gasteiger partial charge < -0.3 is 4.74 Å². The number of thioether (sulfide) groups is 1. The van der Waals surface area contributed by atoms with E-state index < -0.39 is 5.97 Å². The van der Waals surface area contributed by atoms with Crippen molar-refractivity contribution < 1.29 is 9.53 Å². The Kier molecular flexibility index (Phi) is 5.17. The van der Waals surface area contributed by atoms with Crippen molar-refractivity contribution >= 4 is 46.7 Å². The van der Waals surface area contributed by atoms with Crippen LogP contribution < -0.4 is 4.74 Å². The standard InChI is InChI=1S/C16H14Cl2N4O2S/c1-8-11(9(2)22-15(19-8)20-16(21-22)25-3)7-14(23)24-13-5-4-10(17)6-12(13)18/h4-6H,7H2,1-3H3. The monoisotopic (exact) mass is 396 g/mol. The highest BCUT2D eigenvalue weighted by molar-refractivity contribution is 7.98. The van der Waals surface area contributed by atoms with Crippen LogP contribution in [0.15, 0.2) is 23.4 Å². The summed E-state index contributed by atoms with van der Waals surface area (Å²) in [6.07, 6.45) is 1.94. The molecule has 0 unspecified atom stereocenters. The summed E-state index contributed by atoms with van der Waals surface area (Å²) in [4.78, 5) is 21.1. The van der Waals surface area contributed by atoms with Crippen molar-refractivity contribution in [2.75, 3.05) is 6.26 Å². The normalized spacial score (nSPS) is 11.1. The topological polar surface area (TPSA) is 69.4 Å². The molecule has 0 aliphatic carbocycles. The first-order valence-electron chi connectivity index (χ1n) is 7.31. The Morgan fingerprint density at radius 1 is 1.28 bits per heavy atom. The van der Waals surface area contributed by atoms with Gasteiger partial charge in [-0.15, -0.1) is 5.10 Å². The lowest BCUT2D eigenvalue weighted by molar-refractivity contribution is -0.133. The number of aryl methyl sites for hydroxylation is 2. The van der Waals surface area contributed by atoms with Crippen LogP contribution in [0.1, 0.15) is 17.0 Å². The van der Waals surface area contributed by atoms with Gasteiger partial charge in [-0.2, -0.15) is 4.98 Å². The highest BCUT2D eigenvalue weighted by atomic mass is 35.5. The number of ether oxygens (including phenoxy) is 1. The van der Waals surface area contributed by atoms with Gasteiger partial charge in [0.25, 0.3) is 5.78 Å². The molecule has 1 aromatic carbocycles. The zero-order valence-electron chi connectivity index (χ0n) is 13.7. The Balaban J connectivity index is 1.87. The molecular weight excluding hydrogens is 383 g/mol. The lowest BCUT2D eigenvalue weighted by atomic mass is 10.1. The van der Waals surface area contributed by atoms with E-state index in [-0.39, 0.29) is 17.2 Å². The maximum absolute atomic E-state index is 12.3. The van der Waals surface area contributed by atoms with E-state index in [0.29, 0.717) is 21.7 Å². The third kappa shape index (κ3) is 3.73. The fraction of sp³-hybridized carbons (Fsp3) is 0.250. The fourth-order valence-electron chi connectivity index (χ4n) is 2.39. The molecule has 0 amide bonds. The minimum atomic E-state index is -0.443. The maximum Gasteiger partial charge on any atom is 0.315 e. The van der Waals surface area contributed by atoms with Gasteiger partial charge in [0.05, 0.1) is 11.4 Å². The van der Waals surface area contributed by atoms with Crippen molar-refractivity contribution in [1.82, 2.24) is 19.6 Å². The number of halogens is 2. The SMILES string of the molecule is CSc1nc2nc(C)c(CC(=O)Oc3ccc(Cl)cc3Cl)c(C)n2n1. The molecular formula is C16H14Cl2N4O2S. The Morgan fingerprint density at radius 3 is 2.72 bits per heavy atom. The Bertz CT molecular complexity index is 974. The Labute approximate surface area is 158 Å². The summed E-state index contributed by atoms with van der Waals surface area (Å²) in [5.74, 6) is 0.338. The van der Waals surface area contributed by atoms with Crippen LogP contribution in [0.2, 0.25) is 10.0 Å². The molecule has 0 N–H and O–H groups in total. The second kappa shape index (κ2) is 7.19. The van der Waals surface area contributed by atoms with Gasteiger partial charge >= 0.3 is 5.97 Å². The van der Waals surface area contributed by atoms with Gasteiger partial charge in [-0.3, -0.25) is 4.79 Å². The van der Waals surface area contributed by atoms with E-state index in [1.54, 1.807) is 16.6 Å². The summed E-state index contributed by atoms with van der Waals surface area (Å²) in [7, 11) is 0. The van der Waals surface area contributed by atoms with Crippen LogP contribution in [-0.2, 0) is 11.2 Å². The number of rotatable bonds is 4. The molecule has 9 heteroatoms. The largest absolute Gasteiger partial charge is 0.425 e. The van der Waals surface area contributed by atoms with Crippen LogP contribution in [0, 0.1) is 13.8 Å². The second-order valence-corrected chi connectivity index (χ2v) is 6.91. The zero-order chi connectivity index (χ0) is 18.1. The molecule has 6 nitrogen and oxygen atoms in total. The lowest BCUT2D eigenvalue weighted by Crippen LogP contribution is -2.16. The molecule has 0 radical (unpaired) electrons. The molecule has 0 saturated carbocycles. The van der Waals surface area contributed by atoms with Crippen LogP contribution >= 0.6 is 35.0 Å². The summed E-state index contributed by atoms with van der Waals surface area (Å²) in [5, 5.41) is 5.75. The van der Waals surface area contributed by atoms with E-state index >= 15 is 0 Å². The number of esters is 1. The van der Waals surface area contributed by atoms with Crippen molar-refractivity contribution in [3.8, 4) is 5.75 Å². The second-order valence-electron chi connectivity index (χ2n) is 5.30. The quantitative estimate of drug-likeness (QED) is 0.378. The number of aromatic nitrogens is 4. The first-order valence-corrected chi connectivity index (χ1v) is 9.29. The molecule has 3 rings (SSSR count). The van der Waals surface area contributed by atoms with E-state index in [2.05, 4.69) is 15.1 Å². The molecule has 0 spiro atoms. The molecule has 0 bridgehead atoms. The third-order valence-corrected chi connectivity index (χ3v) is 4.72. The minimum Gasteiger partial charge on any atom is -0.425 e. The number of hydrogen-bond donors (Lipinski definition) is 0. The van der Waals surface area contributed by atoms with E-state index in [1.807, 2.05) is 20.1 Å². The minimum absolute atomic E-state index is 0.0496. The molecule has 130 valence electrons. The maximum atomic E-state index is 12.3. The van der Waals surface area contributed by atoms with Crippen LogP contribution in [0.5, 0.6) is 5.75 Å². The summed E-state index contributed by atoms with van der Waals surface area (Å²) < 4.78 is 6.98. The lowest BCUT2D eigenvalue weighted by Gasteiger charge is -2.11. The molecule has 2 heterocycles. The number of carbonyl (C=O) groups is 1. The number of fused-ring (bicyclic) bond motifs is 1. The fourth-order valence-corrected chi connectivity index (χ4v) is 3.18. The van der Waals surface area contributed by atoms with Gasteiger partial charge in [-0.05, 0) is 38.3 Å². The number of carbonyl (C=O) groups excluding carboxylic acids is 1. The molecule has 0 aliphatic heterocycles. The number of benzene rings is 1. The molecule has 0 fully saturated rings. The average Bonchev–Trinajstić information content (AvgIpc) is 2.97. The van der Waals surface area contributed by atoms with Crippen molar-refractivity contribution in [2.45, 2.75) is 25.4 Å². The van der Waals surface area contributed by atoms with Gasteiger partial charge in [0.15, 0.2) is 0 Å². The van der Waals surface area contributed by atoms with E-state index in [0.717, 1.165) is 11.3 Å². The van der Waals surface area contributed by atoms with E-state index in [4.69, 9.17) is 27.9 Å². The van der Waals surface area contributed by atoms with Crippen LogP contribution in [0.4, 0.5) is 0 Å². The highest BCUT2D eigenvalue weighted by Gasteiger charge is 2.17. The van der Waals surface area contributed by atoms with Crippen LogP contribution in [0.25, 0.3) is 5.78 Å². The molecule has 3 aromatic rings. The van der Waals surface area contributed by atoms with Crippen LogP contribution in [0.3, 0.4) is 0 Å². The molecule has 0 aliphatic rings. The Morgan fingerprint density at radius 2 is 2.04 bits per heavy atom. The smallest absolute Gasteiger partial charge is 0.315 e.